The first kappa shape index (κ1) is 16.1. The van der Waals surface area contributed by atoms with Crippen LogP contribution in [0.4, 0.5) is 0 Å². The first-order valence-electron chi connectivity index (χ1n) is 8.32. The van der Waals surface area contributed by atoms with Gasteiger partial charge in [0, 0.05) is 49.9 Å². The molecule has 9 heteroatoms. The molecule has 1 aliphatic heterocycles. The highest BCUT2D eigenvalue weighted by molar-refractivity contribution is 5.76. The van der Waals surface area contributed by atoms with E-state index < -0.39 is 0 Å². The highest BCUT2D eigenvalue weighted by Crippen LogP contribution is 2.17. The van der Waals surface area contributed by atoms with Gasteiger partial charge in [-0.15, -0.1) is 0 Å². The molecular weight excluding hydrogens is 334 g/mol. The third kappa shape index (κ3) is 3.23. The van der Waals surface area contributed by atoms with E-state index in [1.165, 1.54) is 0 Å². The molecule has 3 aromatic rings. The van der Waals surface area contributed by atoms with Crippen LogP contribution >= 0.6 is 0 Å². The van der Waals surface area contributed by atoms with E-state index in [0.717, 1.165) is 0 Å². The number of aromatic nitrogens is 6. The molecular formula is C17H17N7O2. The third-order valence-electron chi connectivity index (χ3n) is 4.38. The number of imidazole rings is 1. The van der Waals surface area contributed by atoms with E-state index >= 15 is 0 Å². The van der Waals surface area contributed by atoms with Crippen molar-refractivity contribution in [2.75, 3.05) is 6.54 Å². The van der Waals surface area contributed by atoms with Crippen molar-refractivity contribution in [1.82, 2.24) is 34.4 Å². The molecule has 1 amide bonds. The number of hydrogen-bond acceptors (Lipinski definition) is 6. The molecule has 0 aromatic carbocycles. The molecule has 1 N–H and O–H groups in total. The van der Waals surface area contributed by atoms with Crippen LogP contribution in [0.25, 0.3) is 11.5 Å². The molecule has 4 rings (SSSR count). The van der Waals surface area contributed by atoms with Gasteiger partial charge in [0.05, 0.1) is 24.8 Å². The van der Waals surface area contributed by atoms with E-state index in [1.54, 1.807) is 36.0 Å². The largest absolute Gasteiger partial charge is 0.337 e. The minimum absolute atomic E-state index is 0.0347. The minimum Gasteiger partial charge on any atom is -0.337 e. The average molecular weight is 351 g/mol. The quantitative estimate of drug-likeness (QED) is 0.728. The van der Waals surface area contributed by atoms with Gasteiger partial charge in [0.2, 0.25) is 5.91 Å². The van der Waals surface area contributed by atoms with Crippen molar-refractivity contribution in [2.24, 2.45) is 0 Å². The maximum absolute atomic E-state index is 12.5. The lowest BCUT2D eigenvalue weighted by molar-refractivity contribution is -0.132. The first-order valence-corrected chi connectivity index (χ1v) is 8.32. The van der Waals surface area contributed by atoms with Crippen molar-refractivity contribution in [2.45, 2.75) is 25.9 Å². The van der Waals surface area contributed by atoms with Gasteiger partial charge in [-0.25, -0.2) is 15.0 Å². The Labute approximate surface area is 148 Å². The SMILES string of the molecule is O=C(CCn1ccnc1)N1CCc2c(nc(-c3cnccn3)[nH]c2=O)C1. The Hall–Kier alpha value is -3.36. The molecule has 132 valence electrons. The molecule has 0 saturated carbocycles. The Kier molecular flexibility index (Phi) is 4.26. The molecule has 0 saturated heterocycles. The number of hydrogen-bond donors (Lipinski definition) is 1. The molecule has 0 spiro atoms. The van der Waals surface area contributed by atoms with Gasteiger partial charge in [-0.1, -0.05) is 0 Å². The zero-order chi connectivity index (χ0) is 17.9. The zero-order valence-corrected chi connectivity index (χ0v) is 14.0. The van der Waals surface area contributed by atoms with Gasteiger partial charge in [0.15, 0.2) is 5.82 Å². The topological polar surface area (TPSA) is 110 Å². The second-order valence-electron chi connectivity index (χ2n) is 6.05. The van der Waals surface area contributed by atoms with E-state index in [1.807, 2.05) is 10.8 Å². The standard InChI is InChI=1S/C17H17N7O2/c25-15(2-6-23-8-5-19-11-23)24-7-1-12-14(10-24)21-16(22-17(12)26)13-9-18-3-4-20-13/h3-5,8-9,11H,1-2,6-7,10H2,(H,21,22,26). The Balaban J connectivity index is 1.53. The summed E-state index contributed by atoms with van der Waals surface area (Å²) in [7, 11) is 0. The summed E-state index contributed by atoms with van der Waals surface area (Å²) in [5.41, 5.74) is 1.57. The van der Waals surface area contributed by atoms with E-state index in [0.29, 0.717) is 55.3 Å². The molecule has 0 unspecified atom stereocenters. The van der Waals surface area contributed by atoms with Crippen molar-refractivity contribution in [3.05, 3.63) is 58.9 Å². The number of fused-ring (bicyclic) bond motifs is 1. The van der Waals surface area contributed by atoms with Crippen LogP contribution in [0.2, 0.25) is 0 Å². The fraction of sp³-hybridized carbons (Fsp3) is 0.294. The van der Waals surface area contributed by atoms with Crippen molar-refractivity contribution in [3.63, 3.8) is 0 Å². The highest BCUT2D eigenvalue weighted by atomic mass is 16.2. The van der Waals surface area contributed by atoms with E-state index in [4.69, 9.17) is 0 Å². The number of carbonyl (C=O) groups excluding carboxylic acids is 1. The molecule has 9 nitrogen and oxygen atoms in total. The second-order valence-corrected chi connectivity index (χ2v) is 6.05. The third-order valence-corrected chi connectivity index (χ3v) is 4.38. The lowest BCUT2D eigenvalue weighted by atomic mass is 10.1. The van der Waals surface area contributed by atoms with Crippen molar-refractivity contribution in [3.8, 4) is 11.5 Å². The van der Waals surface area contributed by atoms with E-state index in [-0.39, 0.29) is 11.5 Å². The number of nitrogens with zero attached hydrogens (tertiary/aromatic N) is 6. The summed E-state index contributed by atoms with van der Waals surface area (Å²) in [4.78, 5) is 46.0. The van der Waals surface area contributed by atoms with Crippen LogP contribution in [-0.2, 0) is 24.3 Å². The minimum atomic E-state index is -0.179. The maximum Gasteiger partial charge on any atom is 0.254 e. The lowest BCUT2D eigenvalue weighted by Crippen LogP contribution is -2.39. The number of amides is 1. The summed E-state index contributed by atoms with van der Waals surface area (Å²) in [5, 5.41) is 0. The summed E-state index contributed by atoms with van der Waals surface area (Å²) in [6.07, 6.45) is 10.7. The van der Waals surface area contributed by atoms with Crippen LogP contribution in [-0.4, -0.2) is 46.8 Å². The van der Waals surface area contributed by atoms with E-state index in [9.17, 15) is 9.59 Å². The monoisotopic (exact) mass is 351 g/mol. The second kappa shape index (κ2) is 6.87. The number of nitrogens with one attached hydrogen (secondary N) is 1. The number of carbonyl (C=O) groups is 1. The molecule has 0 fully saturated rings. The summed E-state index contributed by atoms with van der Waals surface area (Å²) in [6, 6.07) is 0. The zero-order valence-electron chi connectivity index (χ0n) is 14.0. The van der Waals surface area contributed by atoms with Crippen LogP contribution in [0, 0.1) is 0 Å². The summed E-state index contributed by atoms with van der Waals surface area (Å²) in [5.74, 6) is 0.405. The summed E-state index contributed by atoms with van der Waals surface area (Å²) in [6.45, 7) is 1.43. The van der Waals surface area contributed by atoms with Crippen LogP contribution in [0.1, 0.15) is 17.7 Å². The molecule has 1 aliphatic rings. The fourth-order valence-electron chi connectivity index (χ4n) is 3.00. The number of H-pyrrole nitrogens is 1. The molecule has 0 radical (unpaired) electrons. The number of aromatic amines is 1. The van der Waals surface area contributed by atoms with Crippen molar-refractivity contribution >= 4 is 5.91 Å². The Morgan fingerprint density at radius 3 is 2.92 bits per heavy atom. The van der Waals surface area contributed by atoms with Gasteiger partial charge in [-0.05, 0) is 6.42 Å². The summed E-state index contributed by atoms with van der Waals surface area (Å²) >= 11 is 0. The molecule has 0 bridgehead atoms. The molecule has 0 aliphatic carbocycles. The Morgan fingerprint density at radius 1 is 1.23 bits per heavy atom. The fourth-order valence-corrected chi connectivity index (χ4v) is 3.00. The molecule has 3 aromatic heterocycles. The van der Waals surface area contributed by atoms with Crippen LogP contribution in [0.5, 0.6) is 0 Å². The molecule has 0 atom stereocenters. The Morgan fingerprint density at radius 2 is 2.15 bits per heavy atom. The highest BCUT2D eigenvalue weighted by Gasteiger charge is 2.24. The average Bonchev–Trinajstić information content (AvgIpc) is 3.20. The summed E-state index contributed by atoms with van der Waals surface area (Å²) < 4.78 is 1.87. The van der Waals surface area contributed by atoms with Crippen LogP contribution in [0.3, 0.4) is 0 Å². The Bertz CT molecular complexity index is 967. The number of aryl methyl sites for hydroxylation is 1. The smallest absolute Gasteiger partial charge is 0.254 e. The lowest BCUT2D eigenvalue weighted by Gasteiger charge is -2.28. The normalized spacial score (nSPS) is 13.5. The van der Waals surface area contributed by atoms with Gasteiger partial charge in [0.1, 0.15) is 5.69 Å². The van der Waals surface area contributed by atoms with Crippen molar-refractivity contribution < 1.29 is 4.79 Å². The molecule has 26 heavy (non-hydrogen) atoms. The van der Waals surface area contributed by atoms with Gasteiger partial charge in [-0.2, -0.15) is 0 Å². The van der Waals surface area contributed by atoms with Gasteiger partial charge in [-0.3, -0.25) is 14.6 Å². The van der Waals surface area contributed by atoms with Crippen LogP contribution < -0.4 is 5.56 Å². The van der Waals surface area contributed by atoms with Gasteiger partial charge in [0.25, 0.3) is 5.56 Å². The van der Waals surface area contributed by atoms with Crippen molar-refractivity contribution in [1.29, 1.82) is 0 Å². The first-order chi connectivity index (χ1) is 12.7. The van der Waals surface area contributed by atoms with Crippen LogP contribution in [0.15, 0.2) is 42.1 Å². The predicted octanol–water partition coefficient (Wildman–Crippen LogP) is 0.398. The van der Waals surface area contributed by atoms with E-state index in [2.05, 4.69) is 24.9 Å². The maximum atomic E-state index is 12.5. The predicted molar refractivity (Wildman–Crippen MR) is 91.8 cm³/mol. The molecule has 4 heterocycles. The van der Waals surface area contributed by atoms with Gasteiger partial charge < -0.3 is 14.5 Å². The van der Waals surface area contributed by atoms with Gasteiger partial charge >= 0.3 is 0 Å². The number of rotatable bonds is 4.